The largest absolute Gasteiger partial charge is 0.314 e. The molecule has 2 aromatic heterocycles. The third kappa shape index (κ3) is 2.81. The smallest absolute Gasteiger partial charge is 0.137 e. The van der Waals surface area contributed by atoms with E-state index < -0.39 is 0 Å². The lowest BCUT2D eigenvalue weighted by molar-refractivity contribution is 0.230. The topological polar surface area (TPSA) is 32.6 Å². The highest BCUT2D eigenvalue weighted by molar-refractivity contribution is 5.67. The molecule has 4 rings (SSSR count). The van der Waals surface area contributed by atoms with E-state index >= 15 is 0 Å². The average Bonchev–Trinajstić information content (AvgIpc) is 2.96. The van der Waals surface area contributed by atoms with Crippen molar-refractivity contribution in [2.75, 3.05) is 26.2 Å². The first-order valence-corrected chi connectivity index (χ1v) is 8.38. The van der Waals surface area contributed by atoms with Crippen LogP contribution in [0.25, 0.3) is 16.9 Å². The van der Waals surface area contributed by atoms with Gasteiger partial charge in [0.15, 0.2) is 0 Å². The second-order valence-electron chi connectivity index (χ2n) is 6.30. The van der Waals surface area contributed by atoms with E-state index in [0.29, 0.717) is 0 Å². The molecule has 0 aliphatic carbocycles. The van der Waals surface area contributed by atoms with E-state index in [9.17, 15) is 4.39 Å². The maximum absolute atomic E-state index is 13.3. The van der Waals surface area contributed by atoms with Crippen molar-refractivity contribution < 1.29 is 4.39 Å². The standard InChI is InChI=1S/C19H21FN4/c1-14-3-2-4-18-22-19(15-5-7-16(20)8-6-15)17(24(14)18)13-23-11-9-21-10-12-23/h2-8,21H,9-13H2,1H3. The molecule has 1 saturated heterocycles. The number of halogens is 1. The molecule has 4 nitrogen and oxygen atoms in total. The lowest BCUT2D eigenvalue weighted by atomic mass is 10.1. The van der Waals surface area contributed by atoms with E-state index in [1.54, 1.807) is 0 Å². The molecule has 1 aliphatic rings. The van der Waals surface area contributed by atoms with Gasteiger partial charge in [-0.2, -0.15) is 0 Å². The van der Waals surface area contributed by atoms with Crippen LogP contribution in [0.2, 0.25) is 0 Å². The summed E-state index contributed by atoms with van der Waals surface area (Å²) in [6, 6.07) is 12.8. The Kier molecular flexibility index (Phi) is 4.04. The monoisotopic (exact) mass is 324 g/mol. The minimum absolute atomic E-state index is 0.220. The van der Waals surface area contributed by atoms with E-state index in [0.717, 1.165) is 49.6 Å². The first kappa shape index (κ1) is 15.3. The van der Waals surface area contributed by atoms with Crippen LogP contribution in [-0.2, 0) is 6.54 Å². The van der Waals surface area contributed by atoms with Crippen molar-refractivity contribution in [1.82, 2.24) is 19.6 Å². The van der Waals surface area contributed by atoms with Crippen LogP contribution < -0.4 is 5.32 Å². The normalized spacial score (nSPS) is 15.9. The molecule has 0 saturated carbocycles. The molecule has 124 valence electrons. The molecular formula is C19H21FN4. The zero-order valence-electron chi connectivity index (χ0n) is 13.8. The molecule has 1 aromatic carbocycles. The van der Waals surface area contributed by atoms with E-state index in [4.69, 9.17) is 4.98 Å². The van der Waals surface area contributed by atoms with Crippen LogP contribution in [-0.4, -0.2) is 40.5 Å². The summed E-state index contributed by atoms with van der Waals surface area (Å²) < 4.78 is 15.5. The molecule has 5 heteroatoms. The number of nitrogens with zero attached hydrogens (tertiary/aromatic N) is 3. The highest BCUT2D eigenvalue weighted by atomic mass is 19.1. The van der Waals surface area contributed by atoms with E-state index in [-0.39, 0.29) is 5.82 Å². The fourth-order valence-corrected chi connectivity index (χ4v) is 3.39. The van der Waals surface area contributed by atoms with Crippen LogP contribution in [0.4, 0.5) is 4.39 Å². The molecule has 1 fully saturated rings. The number of hydrogen-bond acceptors (Lipinski definition) is 3. The molecule has 1 aliphatic heterocycles. The molecule has 0 atom stereocenters. The Morgan fingerprint density at radius 3 is 2.58 bits per heavy atom. The predicted octanol–water partition coefficient (Wildman–Crippen LogP) is 2.85. The van der Waals surface area contributed by atoms with Gasteiger partial charge in [0.05, 0.1) is 11.4 Å². The summed E-state index contributed by atoms with van der Waals surface area (Å²) >= 11 is 0. The minimum Gasteiger partial charge on any atom is -0.314 e. The first-order chi connectivity index (χ1) is 11.7. The number of benzene rings is 1. The Morgan fingerprint density at radius 2 is 1.83 bits per heavy atom. The minimum atomic E-state index is -0.220. The number of fused-ring (bicyclic) bond motifs is 1. The number of pyridine rings is 1. The van der Waals surface area contributed by atoms with Crippen LogP contribution in [0, 0.1) is 12.7 Å². The fourth-order valence-electron chi connectivity index (χ4n) is 3.39. The van der Waals surface area contributed by atoms with Crippen molar-refractivity contribution in [1.29, 1.82) is 0 Å². The Morgan fingerprint density at radius 1 is 1.08 bits per heavy atom. The lowest BCUT2D eigenvalue weighted by Crippen LogP contribution is -2.43. The summed E-state index contributed by atoms with van der Waals surface area (Å²) in [5.41, 5.74) is 5.20. The lowest BCUT2D eigenvalue weighted by Gasteiger charge is -2.27. The summed E-state index contributed by atoms with van der Waals surface area (Å²) in [4.78, 5) is 7.28. The van der Waals surface area contributed by atoms with Gasteiger partial charge in [-0.25, -0.2) is 9.37 Å². The quantitative estimate of drug-likeness (QED) is 0.804. The van der Waals surface area contributed by atoms with Gasteiger partial charge in [-0.1, -0.05) is 6.07 Å². The Hall–Kier alpha value is -2.24. The Labute approximate surface area is 140 Å². The molecule has 0 spiro atoms. The Balaban J connectivity index is 1.83. The van der Waals surface area contributed by atoms with Gasteiger partial charge in [-0.3, -0.25) is 9.30 Å². The maximum Gasteiger partial charge on any atom is 0.137 e. The van der Waals surface area contributed by atoms with Crippen molar-refractivity contribution in [3.63, 3.8) is 0 Å². The molecule has 0 amide bonds. The van der Waals surface area contributed by atoms with E-state index in [1.165, 1.54) is 23.5 Å². The zero-order valence-corrected chi connectivity index (χ0v) is 13.8. The van der Waals surface area contributed by atoms with Crippen LogP contribution in [0.3, 0.4) is 0 Å². The van der Waals surface area contributed by atoms with Crippen molar-refractivity contribution >= 4 is 5.65 Å². The number of imidazole rings is 1. The van der Waals surface area contributed by atoms with Gasteiger partial charge in [-0.05, 0) is 43.3 Å². The summed E-state index contributed by atoms with van der Waals surface area (Å²) in [6.07, 6.45) is 0. The van der Waals surface area contributed by atoms with Crippen LogP contribution >= 0.6 is 0 Å². The second kappa shape index (κ2) is 6.34. The van der Waals surface area contributed by atoms with Crippen molar-refractivity contribution in [3.05, 3.63) is 59.7 Å². The molecule has 0 unspecified atom stereocenters. The molecule has 0 bridgehead atoms. The van der Waals surface area contributed by atoms with Crippen LogP contribution in [0.5, 0.6) is 0 Å². The predicted molar refractivity (Wildman–Crippen MR) is 93.5 cm³/mol. The number of piperazine rings is 1. The van der Waals surface area contributed by atoms with Gasteiger partial charge in [0.1, 0.15) is 11.5 Å². The van der Waals surface area contributed by atoms with Gasteiger partial charge in [0, 0.05) is 44.0 Å². The summed E-state index contributed by atoms with van der Waals surface area (Å²) in [6.45, 7) is 7.04. The molecule has 0 radical (unpaired) electrons. The van der Waals surface area contributed by atoms with Crippen molar-refractivity contribution in [3.8, 4) is 11.3 Å². The number of rotatable bonds is 3. The summed E-state index contributed by atoms with van der Waals surface area (Å²) in [5.74, 6) is -0.220. The molecule has 24 heavy (non-hydrogen) atoms. The van der Waals surface area contributed by atoms with E-state index in [1.807, 2.05) is 24.3 Å². The van der Waals surface area contributed by atoms with Gasteiger partial charge >= 0.3 is 0 Å². The zero-order chi connectivity index (χ0) is 16.5. The van der Waals surface area contributed by atoms with Gasteiger partial charge in [-0.15, -0.1) is 0 Å². The fraction of sp³-hybridized carbons (Fsp3) is 0.316. The van der Waals surface area contributed by atoms with Crippen LogP contribution in [0.1, 0.15) is 11.4 Å². The van der Waals surface area contributed by atoms with Gasteiger partial charge in [0.25, 0.3) is 0 Å². The van der Waals surface area contributed by atoms with Crippen molar-refractivity contribution in [2.24, 2.45) is 0 Å². The van der Waals surface area contributed by atoms with Crippen molar-refractivity contribution in [2.45, 2.75) is 13.5 Å². The highest BCUT2D eigenvalue weighted by Gasteiger charge is 2.19. The van der Waals surface area contributed by atoms with Gasteiger partial charge < -0.3 is 5.32 Å². The SMILES string of the molecule is Cc1cccc2nc(-c3ccc(F)cc3)c(CN3CCNCC3)n12. The number of aryl methyl sites for hydroxylation is 1. The summed E-state index contributed by atoms with van der Waals surface area (Å²) in [7, 11) is 0. The second-order valence-corrected chi connectivity index (χ2v) is 6.30. The maximum atomic E-state index is 13.3. The van der Waals surface area contributed by atoms with E-state index in [2.05, 4.69) is 27.6 Å². The number of nitrogens with one attached hydrogen (secondary N) is 1. The first-order valence-electron chi connectivity index (χ1n) is 8.38. The third-order valence-electron chi connectivity index (χ3n) is 4.63. The highest BCUT2D eigenvalue weighted by Crippen LogP contribution is 2.27. The average molecular weight is 324 g/mol. The molecular weight excluding hydrogens is 303 g/mol. The van der Waals surface area contributed by atoms with Crippen LogP contribution in [0.15, 0.2) is 42.5 Å². The van der Waals surface area contributed by atoms with Gasteiger partial charge in [0.2, 0.25) is 0 Å². The Bertz CT molecular complexity index is 848. The molecule has 3 aromatic rings. The molecule has 3 heterocycles. The third-order valence-corrected chi connectivity index (χ3v) is 4.63. The summed E-state index contributed by atoms with van der Waals surface area (Å²) in [5, 5.41) is 3.39. The number of hydrogen-bond donors (Lipinski definition) is 1. The number of aromatic nitrogens is 2. The molecule has 1 N–H and O–H groups in total.